The van der Waals surface area contributed by atoms with Gasteiger partial charge in [0, 0.05) is 23.3 Å². The zero-order valence-electron chi connectivity index (χ0n) is 15.5. The fourth-order valence-corrected chi connectivity index (χ4v) is 4.76. The van der Waals surface area contributed by atoms with Crippen LogP contribution in [0.3, 0.4) is 0 Å². The van der Waals surface area contributed by atoms with Gasteiger partial charge in [0.25, 0.3) is 0 Å². The molecule has 0 spiro atoms. The second kappa shape index (κ2) is 7.64. The Bertz CT molecular complexity index is 960. The van der Waals surface area contributed by atoms with Gasteiger partial charge in [0.05, 0.1) is 12.5 Å². The van der Waals surface area contributed by atoms with Gasteiger partial charge in [0.15, 0.2) is 5.78 Å². The SMILES string of the molecule is CCOC(=O)C1=C(N)OC2=C(C(=O)C[C@@H](c3ccccc3)C2)[C@H]1c1cccs1. The molecule has 0 amide bonds. The summed E-state index contributed by atoms with van der Waals surface area (Å²) < 4.78 is 11.0. The fraction of sp³-hybridized carbons (Fsp3) is 0.273. The summed E-state index contributed by atoms with van der Waals surface area (Å²) in [4.78, 5) is 26.7. The van der Waals surface area contributed by atoms with Crippen molar-refractivity contribution in [2.24, 2.45) is 5.73 Å². The van der Waals surface area contributed by atoms with Gasteiger partial charge in [0.2, 0.25) is 5.88 Å². The van der Waals surface area contributed by atoms with Crippen LogP contribution in [0.4, 0.5) is 0 Å². The Morgan fingerprint density at radius 1 is 1.21 bits per heavy atom. The Kier molecular flexibility index (Phi) is 5.05. The van der Waals surface area contributed by atoms with Gasteiger partial charge in [-0.15, -0.1) is 11.3 Å². The first-order valence-corrected chi connectivity index (χ1v) is 10.2. The highest BCUT2D eigenvalue weighted by molar-refractivity contribution is 7.10. The minimum atomic E-state index is -0.539. The molecule has 1 aliphatic carbocycles. The minimum Gasteiger partial charge on any atom is -0.462 e. The standard InChI is InChI=1S/C22H21NO4S/c1-2-26-22(25)20-19(17-9-6-10-28-17)18-15(24)11-14(12-16(18)27-21(20)23)13-7-4-3-5-8-13/h3-10,14,19H,2,11-12,23H2,1H3/t14-,19-/m1/s1. The van der Waals surface area contributed by atoms with Gasteiger partial charge in [-0.2, -0.15) is 0 Å². The third kappa shape index (κ3) is 3.24. The Hall–Kier alpha value is -2.86. The Morgan fingerprint density at radius 3 is 2.68 bits per heavy atom. The molecule has 0 fully saturated rings. The number of ether oxygens (including phenoxy) is 2. The van der Waals surface area contributed by atoms with Crippen LogP contribution in [-0.2, 0) is 19.1 Å². The van der Waals surface area contributed by atoms with Crippen molar-refractivity contribution in [2.45, 2.75) is 31.6 Å². The molecular weight excluding hydrogens is 374 g/mol. The number of benzene rings is 1. The normalized spacial score (nSPS) is 22.0. The number of hydrogen-bond donors (Lipinski definition) is 1. The number of thiophene rings is 1. The number of ketones is 1. The maximum atomic E-state index is 13.2. The summed E-state index contributed by atoms with van der Waals surface area (Å²) in [6, 6.07) is 13.7. The summed E-state index contributed by atoms with van der Waals surface area (Å²) in [6.07, 6.45) is 0.952. The molecule has 2 aromatic rings. The maximum absolute atomic E-state index is 13.2. The van der Waals surface area contributed by atoms with Gasteiger partial charge in [-0.25, -0.2) is 4.79 Å². The number of nitrogens with two attached hydrogens (primary N) is 1. The van der Waals surface area contributed by atoms with E-state index in [0.29, 0.717) is 24.2 Å². The molecular formula is C22H21NO4S. The van der Waals surface area contributed by atoms with Gasteiger partial charge in [0.1, 0.15) is 11.3 Å². The van der Waals surface area contributed by atoms with Crippen LogP contribution in [-0.4, -0.2) is 18.4 Å². The predicted molar refractivity (Wildman–Crippen MR) is 106 cm³/mol. The van der Waals surface area contributed by atoms with Crippen molar-refractivity contribution in [3.05, 3.63) is 81.1 Å². The number of Topliss-reactive ketones (excluding diaryl/α,β-unsaturated/α-hetero) is 1. The summed E-state index contributed by atoms with van der Waals surface area (Å²) >= 11 is 1.49. The van der Waals surface area contributed by atoms with Gasteiger partial charge >= 0.3 is 5.97 Å². The summed E-state index contributed by atoms with van der Waals surface area (Å²) in [5.41, 5.74) is 8.01. The first-order valence-electron chi connectivity index (χ1n) is 9.29. The molecule has 0 radical (unpaired) electrons. The molecule has 1 aliphatic heterocycles. The average molecular weight is 395 g/mol. The molecule has 28 heavy (non-hydrogen) atoms. The van der Waals surface area contributed by atoms with Gasteiger partial charge < -0.3 is 15.2 Å². The third-order valence-electron chi connectivity index (χ3n) is 5.13. The van der Waals surface area contributed by atoms with Gasteiger partial charge in [-0.05, 0) is 29.9 Å². The Balaban J connectivity index is 1.77. The summed E-state index contributed by atoms with van der Waals surface area (Å²) in [5, 5.41) is 1.92. The minimum absolute atomic E-state index is 0.0113. The van der Waals surface area contributed by atoms with E-state index >= 15 is 0 Å². The van der Waals surface area contributed by atoms with Crippen LogP contribution in [0.25, 0.3) is 0 Å². The number of esters is 1. The fourth-order valence-electron chi connectivity index (χ4n) is 3.92. The van der Waals surface area contributed by atoms with Crippen LogP contribution < -0.4 is 5.73 Å². The average Bonchev–Trinajstić information content (AvgIpc) is 3.22. The van der Waals surface area contributed by atoms with E-state index in [4.69, 9.17) is 15.2 Å². The first-order chi connectivity index (χ1) is 13.6. The van der Waals surface area contributed by atoms with E-state index in [9.17, 15) is 9.59 Å². The van der Waals surface area contributed by atoms with E-state index in [-0.39, 0.29) is 29.8 Å². The van der Waals surface area contributed by atoms with E-state index in [2.05, 4.69) is 0 Å². The highest BCUT2D eigenvalue weighted by atomic mass is 32.1. The molecule has 1 aromatic carbocycles. The molecule has 0 saturated carbocycles. The maximum Gasteiger partial charge on any atom is 0.340 e. The number of carbonyl (C=O) groups excluding carboxylic acids is 2. The highest BCUT2D eigenvalue weighted by Gasteiger charge is 2.43. The summed E-state index contributed by atoms with van der Waals surface area (Å²) in [7, 11) is 0. The van der Waals surface area contributed by atoms with Crippen molar-refractivity contribution in [3.63, 3.8) is 0 Å². The molecule has 4 rings (SSSR count). The van der Waals surface area contributed by atoms with E-state index in [1.165, 1.54) is 11.3 Å². The largest absolute Gasteiger partial charge is 0.462 e. The van der Waals surface area contributed by atoms with E-state index < -0.39 is 11.9 Å². The molecule has 0 bridgehead atoms. The predicted octanol–water partition coefficient (Wildman–Crippen LogP) is 4.00. The van der Waals surface area contributed by atoms with Gasteiger partial charge in [-0.3, -0.25) is 4.79 Å². The third-order valence-corrected chi connectivity index (χ3v) is 6.07. The Morgan fingerprint density at radius 2 is 2.00 bits per heavy atom. The molecule has 2 heterocycles. The van der Waals surface area contributed by atoms with Crippen LogP contribution in [0.5, 0.6) is 0 Å². The van der Waals surface area contributed by atoms with Crippen molar-refractivity contribution < 1.29 is 19.1 Å². The molecule has 5 nitrogen and oxygen atoms in total. The molecule has 2 N–H and O–H groups in total. The zero-order valence-corrected chi connectivity index (χ0v) is 16.3. The zero-order chi connectivity index (χ0) is 19.7. The van der Waals surface area contributed by atoms with Gasteiger partial charge in [-0.1, -0.05) is 36.4 Å². The first kappa shape index (κ1) is 18.5. The number of carbonyl (C=O) groups is 2. The molecule has 1 aromatic heterocycles. The number of hydrogen-bond acceptors (Lipinski definition) is 6. The molecule has 0 saturated heterocycles. The summed E-state index contributed by atoms with van der Waals surface area (Å²) in [5.74, 6) is -0.461. The van der Waals surface area contributed by atoms with Crippen LogP contribution in [0, 0.1) is 0 Å². The van der Waals surface area contributed by atoms with Crippen LogP contribution in [0.2, 0.25) is 0 Å². The highest BCUT2D eigenvalue weighted by Crippen LogP contribution is 2.48. The van der Waals surface area contributed by atoms with E-state index in [1.807, 2.05) is 47.8 Å². The van der Waals surface area contributed by atoms with Crippen LogP contribution >= 0.6 is 11.3 Å². The second-order valence-electron chi connectivity index (χ2n) is 6.82. The lowest BCUT2D eigenvalue weighted by atomic mass is 9.75. The summed E-state index contributed by atoms with van der Waals surface area (Å²) in [6.45, 7) is 1.96. The van der Waals surface area contributed by atoms with E-state index in [1.54, 1.807) is 6.92 Å². The lowest BCUT2D eigenvalue weighted by molar-refractivity contribution is -0.139. The lowest BCUT2D eigenvalue weighted by Crippen LogP contribution is -2.32. The van der Waals surface area contributed by atoms with Crippen molar-refractivity contribution in [1.82, 2.24) is 0 Å². The molecule has 2 aliphatic rings. The van der Waals surface area contributed by atoms with Crippen molar-refractivity contribution in [3.8, 4) is 0 Å². The molecule has 6 heteroatoms. The molecule has 2 atom stereocenters. The number of rotatable bonds is 4. The van der Waals surface area contributed by atoms with E-state index in [0.717, 1.165) is 10.4 Å². The number of allylic oxidation sites excluding steroid dienone is 2. The second-order valence-corrected chi connectivity index (χ2v) is 7.80. The molecule has 144 valence electrons. The van der Waals surface area contributed by atoms with Crippen molar-refractivity contribution in [1.29, 1.82) is 0 Å². The Labute approximate surface area is 167 Å². The topological polar surface area (TPSA) is 78.6 Å². The van der Waals surface area contributed by atoms with Crippen molar-refractivity contribution in [2.75, 3.05) is 6.61 Å². The lowest BCUT2D eigenvalue weighted by Gasteiger charge is -2.34. The monoisotopic (exact) mass is 395 g/mol. The smallest absolute Gasteiger partial charge is 0.340 e. The van der Waals surface area contributed by atoms with Crippen LogP contribution in [0.15, 0.2) is 70.6 Å². The van der Waals surface area contributed by atoms with Crippen LogP contribution in [0.1, 0.15) is 42.0 Å². The quantitative estimate of drug-likeness (QED) is 0.792. The van der Waals surface area contributed by atoms with Crippen molar-refractivity contribution >= 4 is 23.1 Å². The molecule has 0 unspecified atom stereocenters.